The van der Waals surface area contributed by atoms with E-state index >= 15 is 0 Å². The Morgan fingerprint density at radius 1 is 1.03 bits per heavy atom. The molecular weight excluding hydrogens is 501 g/mol. The van der Waals surface area contributed by atoms with E-state index in [1.165, 1.54) is 29.8 Å². The summed E-state index contributed by atoms with van der Waals surface area (Å²) in [5, 5.41) is 11.0. The van der Waals surface area contributed by atoms with E-state index in [4.69, 9.17) is 9.47 Å². The molecule has 1 aliphatic rings. The molecule has 1 aliphatic heterocycles. The van der Waals surface area contributed by atoms with Gasteiger partial charge in [0.25, 0.3) is 11.5 Å². The Balaban J connectivity index is 1.67. The van der Waals surface area contributed by atoms with Gasteiger partial charge in [0.1, 0.15) is 23.0 Å². The van der Waals surface area contributed by atoms with Gasteiger partial charge in [0.05, 0.1) is 14.2 Å². The van der Waals surface area contributed by atoms with Crippen LogP contribution in [0.2, 0.25) is 0 Å². The number of para-hydroxylation sites is 1. The normalized spacial score (nSPS) is 14.9. The zero-order valence-corrected chi connectivity index (χ0v) is 21.8. The van der Waals surface area contributed by atoms with Gasteiger partial charge in [0.2, 0.25) is 5.88 Å². The van der Waals surface area contributed by atoms with Crippen molar-refractivity contribution in [3.63, 3.8) is 0 Å². The second kappa shape index (κ2) is 10.6. The summed E-state index contributed by atoms with van der Waals surface area (Å²) >= 11 is 0. The summed E-state index contributed by atoms with van der Waals surface area (Å²) in [4.78, 5) is 33.7. The fourth-order valence-corrected chi connectivity index (χ4v) is 5.10. The maximum Gasteiger partial charge on any atom is 0.275 e. The van der Waals surface area contributed by atoms with Gasteiger partial charge >= 0.3 is 0 Å². The van der Waals surface area contributed by atoms with Crippen LogP contribution in [0.15, 0.2) is 71.5 Å². The van der Waals surface area contributed by atoms with E-state index < -0.39 is 22.9 Å². The summed E-state index contributed by atoms with van der Waals surface area (Å²) in [6.07, 6.45) is 0.525. The molecule has 1 N–H and O–H groups in total. The minimum Gasteiger partial charge on any atom is -0.494 e. The zero-order chi connectivity index (χ0) is 27.7. The van der Waals surface area contributed by atoms with E-state index in [0.29, 0.717) is 35.6 Å². The highest BCUT2D eigenvalue weighted by Crippen LogP contribution is 2.36. The highest BCUT2D eigenvalue weighted by molar-refractivity contribution is 5.96. The summed E-state index contributed by atoms with van der Waals surface area (Å²) in [6, 6.07) is 18.8. The molecule has 0 aliphatic carbocycles. The molecule has 1 unspecified atom stereocenters. The van der Waals surface area contributed by atoms with Gasteiger partial charge in [-0.25, -0.2) is 4.39 Å². The monoisotopic (exact) mass is 529 g/mol. The van der Waals surface area contributed by atoms with Crippen molar-refractivity contribution in [3.8, 4) is 34.5 Å². The number of aryl methyl sites for hydroxylation is 1. The highest BCUT2D eigenvalue weighted by atomic mass is 19.1. The Morgan fingerprint density at radius 2 is 1.72 bits per heavy atom. The number of aromatic nitrogens is 2. The van der Waals surface area contributed by atoms with Crippen molar-refractivity contribution in [3.05, 3.63) is 99.6 Å². The highest BCUT2D eigenvalue weighted by Gasteiger charge is 2.34. The third-order valence-corrected chi connectivity index (χ3v) is 7.00. The van der Waals surface area contributed by atoms with E-state index in [0.717, 1.165) is 5.56 Å². The van der Waals surface area contributed by atoms with Crippen molar-refractivity contribution in [1.82, 2.24) is 14.5 Å². The topological polar surface area (TPSA) is 93.9 Å². The fraction of sp³-hybridized carbons (Fsp3) is 0.233. The molecule has 0 saturated carbocycles. The second-order valence-corrected chi connectivity index (χ2v) is 9.41. The zero-order valence-electron chi connectivity index (χ0n) is 21.8. The number of likely N-dealkylation sites (tertiary alicyclic amines) is 1. The summed E-state index contributed by atoms with van der Waals surface area (Å²) in [5.74, 6) is -1.17. The number of methoxy groups -OCH3 is 2. The van der Waals surface area contributed by atoms with Crippen LogP contribution >= 0.6 is 0 Å². The molecule has 9 heteroatoms. The van der Waals surface area contributed by atoms with Gasteiger partial charge < -0.3 is 19.5 Å². The molecule has 1 aromatic heterocycles. The van der Waals surface area contributed by atoms with Crippen molar-refractivity contribution in [2.75, 3.05) is 27.3 Å². The number of amides is 1. The van der Waals surface area contributed by atoms with E-state index in [1.807, 2.05) is 25.1 Å². The molecule has 39 heavy (non-hydrogen) atoms. The van der Waals surface area contributed by atoms with E-state index in [1.54, 1.807) is 42.5 Å². The van der Waals surface area contributed by atoms with Gasteiger partial charge in [-0.15, -0.1) is 0 Å². The molecule has 0 spiro atoms. The Morgan fingerprint density at radius 3 is 2.38 bits per heavy atom. The lowest BCUT2D eigenvalue weighted by Gasteiger charge is -2.21. The minimum atomic E-state index is -0.777. The summed E-state index contributed by atoms with van der Waals surface area (Å²) in [7, 11) is 2.92. The first kappa shape index (κ1) is 26.0. The van der Waals surface area contributed by atoms with Crippen molar-refractivity contribution in [2.24, 2.45) is 0 Å². The van der Waals surface area contributed by atoms with Crippen molar-refractivity contribution in [2.45, 2.75) is 19.3 Å². The molecule has 0 radical (unpaired) electrons. The number of carbonyl (C=O) groups is 1. The van der Waals surface area contributed by atoms with Gasteiger partial charge in [-0.05, 0) is 43.2 Å². The van der Waals surface area contributed by atoms with Crippen LogP contribution in [0.1, 0.15) is 33.8 Å². The summed E-state index contributed by atoms with van der Waals surface area (Å²) in [5.41, 5.74) is 0.971. The third kappa shape index (κ3) is 4.71. The maximum atomic E-state index is 14.4. The molecule has 200 valence electrons. The van der Waals surface area contributed by atoms with Crippen molar-refractivity contribution >= 4 is 5.91 Å². The van der Waals surface area contributed by atoms with E-state index in [2.05, 4.69) is 4.98 Å². The Labute approximate surface area is 224 Å². The molecule has 3 aromatic carbocycles. The maximum absolute atomic E-state index is 14.4. The van der Waals surface area contributed by atoms with Gasteiger partial charge in [0.15, 0.2) is 11.4 Å². The molecular formula is C30H28FN3O5. The predicted molar refractivity (Wildman–Crippen MR) is 144 cm³/mol. The average molecular weight is 530 g/mol. The number of carbonyl (C=O) groups excluding carboxylic acids is 1. The van der Waals surface area contributed by atoms with Gasteiger partial charge in [-0.1, -0.05) is 48.0 Å². The predicted octanol–water partition coefficient (Wildman–Crippen LogP) is 4.70. The minimum absolute atomic E-state index is 0.117. The number of nitrogens with zero attached hydrogens (tertiary/aromatic N) is 3. The lowest BCUT2D eigenvalue weighted by Crippen LogP contribution is -2.36. The third-order valence-electron chi connectivity index (χ3n) is 7.00. The number of aromatic hydroxyl groups is 1. The van der Waals surface area contributed by atoms with Crippen LogP contribution in [-0.2, 0) is 0 Å². The number of hydrogen-bond acceptors (Lipinski definition) is 6. The van der Waals surface area contributed by atoms with Gasteiger partial charge in [0, 0.05) is 24.6 Å². The van der Waals surface area contributed by atoms with Crippen LogP contribution in [-0.4, -0.2) is 52.8 Å². The molecule has 1 saturated heterocycles. The Kier molecular flexibility index (Phi) is 7.06. The van der Waals surface area contributed by atoms with E-state index in [-0.39, 0.29) is 29.8 Å². The van der Waals surface area contributed by atoms with Crippen LogP contribution in [0.25, 0.3) is 17.1 Å². The van der Waals surface area contributed by atoms with Gasteiger partial charge in [-0.2, -0.15) is 4.98 Å². The molecule has 4 aromatic rings. The van der Waals surface area contributed by atoms with E-state index in [9.17, 15) is 19.1 Å². The SMILES string of the molecule is COc1cccc(OC)c1-n1c(-c2cccc(C)c2)nc(O)c(C(=O)N2CCC(c3ccccc3F)C2)c1=O. The lowest BCUT2D eigenvalue weighted by atomic mass is 9.98. The van der Waals surface area contributed by atoms with Crippen LogP contribution < -0.4 is 15.0 Å². The van der Waals surface area contributed by atoms with Crippen LogP contribution in [0.4, 0.5) is 4.39 Å². The van der Waals surface area contributed by atoms with Crippen LogP contribution in [0.3, 0.4) is 0 Å². The standard InChI is InChI=1S/C30H28FN3O5/c1-18-8-6-9-19(16-18)27-32-28(35)25(30(37)34(27)26-23(38-2)12-7-13-24(26)39-3)29(36)33-15-14-20(17-33)21-10-4-5-11-22(21)31/h4-13,16,20,35H,14-15,17H2,1-3H3. The second-order valence-electron chi connectivity index (χ2n) is 9.41. The Hall–Kier alpha value is -4.66. The molecule has 1 amide bonds. The van der Waals surface area contributed by atoms with Crippen LogP contribution in [0, 0.1) is 12.7 Å². The van der Waals surface area contributed by atoms with Gasteiger partial charge in [-0.3, -0.25) is 14.2 Å². The molecule has 1 fully saturated rings. The number of hydrogen-bond donors (Lipinski definition) is 1. The first-order valence-corrected chi connectivity index (χ1v) is 12.5. The number of rotatable bonds is 6. The average Bonchev–Trinajstić information content (AvgIpc) is 3.43. The fourth-order valence-electron chi connectivity index (χ4n) is 5.10. The Bertz CT molecular complexity index is 1590. The number of benzene rings is 3. The first-order chi connectivity index (χ1) is 18.8. The van der Waals surface area contributed by atoms with Crippen molar-refractivity contribution < 1.29 is 23.8 Å². The molecule has 8 nitrogen and oxygen atoms in total. The number of ether oxygens (including phenoxy) is 2. The largest absolute Gasteiger partial charge is 0.494 e. The molecule has 0 bridgehead atoms. The molecule has 2 heterocycles. The molecule has 1 atom stereocenters. The van der Waals surface area contributed by atoms with Crippen molar-refractivity contribution in [1.29, 1.82) is 0 Å². The smallest absolute Gasteiger partial charge is 0.275 e. The van der Waals surface area contributed by atoms with Crippen LogP contribution in [0.5, 0.6) is 17.4 Å². The molecule has 5 rings (SSSR count). The lowest BCUT2D eigenvalue weighted by molar-refractivity contribution is 0.0784. The number of halogens is 1. The first-order valence-electron chi connectivity index (χ1n) is 12.5. The quantitative estimate of drug-likeness (QED) is 0.389. The summed E-state index contributed by atoms with van der Waals surface area (Å²) in [6.45, 7) is 2.40. The summed E-state index contributed by atoms with van der Waals surface area (Å²) < 4.78 is 26.8.